The summed E-state index contributed by atoms with van der Waals surface area (Å²) in [6.07, 6.45) is 2.08. The van der Waals surface area contributed by atoms with Crippen LogP contribution in [0.2, 0.25) is 0 Å². The normalized spacial score (nSPS) is 12.7. The average molecular weight is 411 g/mol. The lowest BCUT2D eigenvalue weighted by Gasteiger charge is -2.31. The van der Waals surface area contributed by atoms with Gasteiger partial charge in [-0.05, 0) is 56.4 Å². The summed E-state index contributed by atoms with van der Waals surface area (Å²) in [6, 6.07) is 17.2. The molecule has 2 aromatic carbocycles. The minimum Gasteiger partial charge on any atom is -0.484 e. The Labute approximate surface area is 180 Å². The second kappa shape index (κ2) is 12.0. The summed E-state index contributed by atoms with van der Waals surface area (Å²) < 4.78 is 5.74. The predicted molar refractivity (Wildman–Crippen MR) is 121 cm³/mol. The van der Waals surface area contributed by atoms with Crippen molar-refractivity contribution in [1.29, 1.82) is 0 Å². The van der Waals surface area contributed by atoms with Crippen molar-refractivity contribution < 1.29 is 14.3 Å². The van der Waals surface area contributed by atoms with Crippen LogP contribution in [-0.4, -0.2) is 41.9 Å². The van der Waals surface area contributed by atoms with E-state index >= 15 is 0 Å². The van der Waals surface area contributed by atoms with E-state index in [2.05, 4.69) is 5.32 Å². The van der Waals surface area contributed by atoms with Crippen molar-refractivity contribution in [2.45, 2.75) is 59.0 Å². The van der Waals surface area contributed by atoms with Crippen LogP contribution in [0.5, 0.6) is 5.75 Å². The third-order valence-corrected chi connectivity index (χ3v) is 5.22. The van der Waals surface area contributed by atoms with Crippen LogP contribution in [0.25, 0.3) is 0 Å². The molecule has 0 bridgehead atoms. The molecule has 0 saturated carbocycles. The standard InChI is InChI=1S/C25H34N2O3/c1-5-20(4)26-25(29)23(6-2)27(16-15-21-12-8-7-9-13-21)24(28)18-30-22-14-10-11-19(3)17-22/h7-14,17,20,23H,5-6,15-16,18H2,1-4H3,(H,26,29)/t20-,23+/m0/s1. The van der Waals surface area contributed by atoms with E-state index in [4.69, 9.17) is 4.74 Å². The summed E-state index contributed by atoms with van der Waals surface area (Å²) in [6.45, 7) is 8.29. The number of hydrogen-bond donors (Lipinski definition) is 1. The van der Waals surface area contributed by atoms with Gasteiger partial charge in [0.25, 0.3) is 5.91 Å². The molecule has 5 nitrogen and oxygen atoms in total. The van der Waals surface area contributed by atoms with Crippen LogP contribution in [0.3, 0.4) is 0 Å². The largest absolute Gasteiger partial charge is 0.484 e. The highest BCUT2D eigenvalue weighted by Crippen LogP contribution is 2.14. The molecule has 2 atom stereocenters. The smallest absolute Gasteiger partial charge is 0.261 e. The fraction of sp³-hybridized carbons (Fsp3) is 0.440. The number of carbonyl (C=O) groups is 2. The molecule has 0 aromatic heterocycles. The van der Waals surface area contributed by atoms with Gasteiger partial charge in [-0.15, -0.1) is 0 Å². The molecule has 0 spiro atoms. The minimum atomic E-state index is -0.517. The van der Waals surface area contributed by atoms with Crippen molar-refractivity contribution >= 4 is 11.8 Å². The number of nitrogens with zero attached hydrogens (tertiary/aromatic N) is 1. The molecular weight excluding hydrogens is 376 g/mol. The first-order valence-corrected chi connectivity index (χ1v) is 10.8. The van der Waals surface area contributed by atoms with Crippen LogP contribution < -0.4 is 10.1 Å². The number of aryl methyl sites for hydroxylation is 1. The van der Waals surface area contributed by atoms with Crippen molar-refractivity contribution in [2.24, 2.45) is 0 Å². The first-order valence-electron chi connectivity index (χ1n) is 10.8. The zero-order chi connectivity index (χ0) is 21.9. The van der Waals surface area contributed by atoms with E-state index in [1.807, 2.05) is 82.3 Å². The number of carbonyl (C=O) groups excluding carboxylic acids is 2. The monoisotopic (exact) mass is 410 g/mol. The fourth-order valence-corrected chi connectivity index (χ4v) is 3.27. The zero-order valence-electron chi connectivity index (χ0n) is 18.6. The Morgan fingerprint density at radius 1 is 1.03 bits per heavy atom. The number of ether oxygens (including phenoxy) is 1. The number of benzene rings is 2. The van der Waals surface area contributed by atoms with E-state index < -0.39 is 6.04 Å². The van der Waals surface area contributed by atoms with E-state index in [0.717, 1.165) is 17.5 Å². The van der Waals surface area contributed by atoms with Gasteiger partial charge in [0.2, 0.25) is 5.91 Å². The molecule has 0 radical (unpaired) electrons. The molecule has 0 heterocycles. The second-order valence-corrected chi connectivity index (χ2v) is 7.67. The lowest BCUT2D eigenvalue weighted by Crippen LogP contribution is -2.52. The molecule has 2 rings (SSSR count). The molecule has 0 aliphatic rings. The van der Waals surface area contributed by atoms with Crippen molar-refractivity contribution in [3.8, 4) is 5.75 Å². The van der Waals surface area contributed by atoms with Crippen molar-refractivity contribution in [3.05, 3.63) is 65.7 Å². The molecular formula is C25H34N2O3. The summed E-state index contributed by atoms with van der Waals surface area (Å²) >= 11 is 0. The van der Waals surface area contributed by atoms with Gasteiger partial charge in [-0.1, -0.05) is 56.3 Å². The number of amides is 2. The van der Waals surface area contributed by atoms with Gasteiger partial charge in [-0.25, -0.2) is 0 Å². The summed E-state index contributed by atoms with van der Waals surface area (Å²) in [7, 11) is 0. The van der Waals surface area contributed by atoms with Crippen LogP contribution >= 0.6 is 0 Å². The van der Waals surface area contributed by atoms with Gasteiger partial charge in [0, 0.05) is 12.6 Å². The molecule has 0 aliphatic carbocycles. The van der Waals surface area contributed by atoms with Gasteiger partial charge in [0.1, 0.15) is 11.8 Å². The summed E-state index contributed by atoms with van der Waals surface area (Å²) in [4.78, 5) is 27.6. The Kier molecular flexibility index (Phi) is 9.39. The fourth-order valence-electron chi connectivity index (χ4n) is 3.27. The molecule has 0 fully saturated rings. The molecule has 5 heteroatoms. The molecule has 162 valence electrons. The van der Waals surface area contributed by atoms with E-state index in [0.29, 0.717) is 25.1 Å². The maximum absolute atomic E-state index is 13.1. The summed E-state index contributed by atoms with van der Waals surface area (Å²) in [5, 5.41) is 3.02. The van der Waals surface area contributed by atoms with Crippen LogP contribution in [0, 0.1) is 6.92 Å². The first kappa shape index (κ1) is 23.5. The van der Waals surface area contributed by atoms with Crippen LogP contribution in [0.4, 0.5) is 0 Å². The Morgan fingerprint density at radius 3 is 2.40 bits per heavy atom. The molecule has 30 heavy (non-hydrogen) atoms. The Bertz CT molecular complexity index is 807. The van der Waals surface area contributed by atoms with Gasteiger partial charge in [0.15, 0.2) is 6.61 Å². The third kappa shape index (κ3) is 7.21. The summed E-state index contributed by atoms with van der Waals surface area (Å²) in [5.74, 6) is 0.367. The Morgan fingerprint density at radius 2 is 1.77 bits per heavy atom. The third-order valence-electron chi connectivity index (χ3n) is 5.22. The van der Waals surface area contributed by atoms with Crippen LogP contribution in [-0.2, 0) is 16.0 Å². The van der Waals surface area contributed by atoms with Gasteiger partial charge < -0.3 is 15.0 Å². The van der Waals surface area contributed by atoms with E-state index in [9.17, 15) is 9.59 Å². The number of rotatable bonds is 11. The highest BCUT2D eigenvalue weighted by atomic mass is 16.5. The SMILES string of the molecule is CC[C@H](C(=O)N[C@@H](C)CC)N(CCc1ccccc1)C(=O)COc1cccc(C)c1. The van der Waals surface area contributed by atoms with Crippen molar-refractivity contribution in [2.75, 3.05) is 13.2 Å². The molecule has 0 aliphatic heterocycles. The van der Waals surface area contributed by atoms with Gasteiger partial charge >= 0.3 is 0 Å². The van der Waals surface area contributed by atoms with Gasteiger partial charge in [0.05, 0.1) is 0 Å². The Hall–Kier alpha value is -2.82. The molecule has 0 saturated heterocycles. The second-order valence-electron chi connectivity index (χ2n) is 7.67. The summed E-state index contributed by atoms with van der Waals surface area (Å²) in [5.41, 5.74) is 2.20. The maximum Gasteiger partial charge on any atom is 0.261 e. The zero-order valence-corrected chi connectivity index (χ0v) is 18.6. The van der Waals surface area contributed by atoms with Crippen LogP contribution in [0.15, 0.2) is 54.6 Å². The molecule has 2 aromatic rings. The number of nitrogens with one attached hydrogen (secondary N) is 1. The van der Waals surface area contributed by atoms with Gasteiger partial charge in [-0.2, -0.15) is 0 Å². The van der Waals surface area contributed by atoms with E-state index in [1.54, 1.807) is 4.90 Å². The minimum absolute atomic E-state index is 0.0705. The quantitative estimate of drug-likeness (QED) is 0.606. The van der Waals surface area contributed by atoms with Crippen LogP contribution in [0.1, 0.15) is 44.7 Å². The molecule has 1 N–H and O–H groups in total. The molecule has 0 unspecified atom stereocenters. The lowest BCUT2D eigenvalue weighted by molar-refractivity contribution is -0.142. The Balaban J connectivity index is 2.13. The first-order chi connectivity index (χ1) is 14.4. The molecule has 2 amide bonds. The average Bonchev–Trinajstić information content (AvgIpc) is 2.75. The predicted octanol–water partition coefficient (Wildman–Crippen LogP) is 4.14. The van der Waals surface area contributed by atoms with E-state index in [1.165, 1.54) is 0 Å². The maximum atomic E-state index is 13.1. The van der Waals surface area contributed by atoms with Crippen molar-refractivity contribution in [3.63, 3.8) is 0 Å². The van der Waals surface area contributed by atoms with Crippen molar-refractivity contribution in [1.82, 2.24) is 10.2 Å². The van der Waals surface area contributed by atoms with Gasteiger partial charge in [-0.3, -0.25) is 9.59 Å². The lowest BCUT2D eigenvalue weighted by atomic mass is 10.1. The number of hydrogen-bond acceptors (Lipinski definition) is 3. The highest BCUT2D eigenvalue weighted by Gasteiger charge is 2.29. The van der Waals surface area contributed by atoms with E-state index in [-0.39, 0.29) is 24.5 Å². The topological polar surface area (TPSA) is 58.6 Å². The highest BCUT2D eigenvalue weighted by molar-refractivity contribution is 5.88.